The zero-order valence-electron chi connectivity index (χ0n) is 10.8. The van der Waals surface area contributed by atoms with Gasteiger partial charge in [0.25, 0.3) is 0 Å². The molecular weight excluding hydrogens is 246 g/mol. The Kier molecular flexibility index (Phi) is 4.11. The van der Waals surface area contributed by atoms with Gasteiger partial charge >= 0.3 is 0 Å². The number of aryl methyl sites for hydroxylation is 2. The van der Waals surface area contributed by atoms with E-state index in [4.69, 9.17) is 15.9 Å². The van der Waals surface area contributed by atoms with Crippen LogP contribution in [0.5, 0.6) is 0 Å². The smallest absolute Gasteiger partial charge is 0.172 e. The fourth-order valence-electron chi connectivity index (χ4n) is 2.05. The van der Waals surface area contributed by atoms with Gasteiger partial charge in [0, 0.05) is 10.9 Å². The summed E-state index contributed by atoms with van der Waals surface area (Å²) in [7, 11) is 0. The van der Waals surface area contributed by atoms with Crippen molar-refractivity contribution in [3.05, 3.63) is 22.9 Å². The molecule has 0 spiro atoms. The molecule has 0 aliphatic heterocycles. The number of pyridine rings is 1. The molecule has 0 radical (unpaired) electrons. The number of rotatable bonds is 4. The Hall–Kier alpha value is -1.23. The van der Waals surface area contributed by atoms with Crippen molar-refractivity contribution in [3.63, 3.8) is 0 Å². The second kappa shape index (κ2) is 5.61. The monoisotopic (exact) mass is 265 g/mol. The third-order valence-electron chi connectivity index (χ3n) is 3.29. The Bertz CT molecular complexity index is 474. The zero-order valence-corrected chi connectivity index (χ0v) is 11.6. The van der Waals surface area contributed by atoms with Gasteiger partial charge in [0.1, 0.15) is 5.03 Å². The molecule has 1 aliphatic rings. The van der Waals surface area contributed by atoms with Crippen molar-refractivity contribution < 1.29 is 5.21 Å². The number of thioether (sulfide) groups is 1. The van der Waals surface area contributed by atoms with Crippen molar-refractivity contribution in [2.45, 2.75) is 49.8 Å². The number of nitrogens with two attached hydrogens (primary N) is 1. The van der Waals surface area contributed by atoms with E-state index in [1.807, 2.05) is 6.07 Å². The van der Waals surface area contributed by atoms with Gasteiger partial charge in [0.2, 0.25) is 0 Å². The zero-order chi connectivity index (χ0) is 13.1. The van der Waals surface area contributed by atoms with Crippen LogP contribution < -0.4 is 5.73 Å². The fourth-order valence-corrected chi connectivity index (χ4v) is 3.06. The molecule has 1 aliphatic carbocycles. The topological polar surface area (TPSA) is 71.5 Å². The van der Waals surface area contributed by atoms with Crippen molar-refractivity contribution >= 4 is 17.6 Å². The van der Waals surface area contributed by atoms with Crippen molar-refractivity contribution in [1.82, 2.24) is 4.98 Å². The summed E-state index contributed by atoms with van der Waals surface area (Å²) in [6.45, 7) is 4.31. The first kappa shape index (κ1) is 13.2. The first-order chi connectivity index (χ1) is 8.65. The summed E-state index contributed by atoms with van der Waals surface area (Å²) in [6.07, 6.45) is 4.30. The molecule has 0 saturated carbocycles. The second-order valence-corrected chi connectivity index (χ2v) is 6.05. The van der Waals surface area contributed by atoms with E-state index in [1.165, 1.54) is 11.3 Å². The summed E-state index contributed by atoms with van der Waals surface area (Å²) in [6, 6.07) is 2.04. The highest BCUT2D eigenvalue weighted by Crippen LogP contribution is 2.31. The molecule has 0 amide bonds. The molecule has 0 bridgehead atoms. The Labute approximate surface area is 112 Å². The maximum atomic E-state index is 8.88. The summed E-state index contributed by atoms with van der Waals surface area (Å²) in [4.78, 5) is 4.70. The third-order valence-corrected chi connectivity index (χ3v) is 4.56. The minimum Gasteiger partial charge on any atom is -0.409 e. The van der Waals surface area contributed by atoms with Gasteiger partial charge in [-0.25, -0.2) is 4.98 Å². The highest BCUT2D eigenvalue weighted by atomic mass is 32.2. The van der Waals surface area contributed by atoms with Gasteiger partial charge in [-0.05, 0) is 37.3 Å². The fraction of sp³-hybridized carbons (Fsp3) is 0.538. The van der Waals surface area contributed by atoms with Crippen LogP contribution in [0.15, 0.2) is 16.2 Å². The van der Waals surface area contributed by atoms with Gasteiger partial charge in [-0.2, -0.15) is 0 Å². The van der Waals surface area contributed by atoms with E-state index in [1.54, 1.807) is 11.8 Å². The molecule has 5 heteroatoms. The third kappa shape index (κ3) is 2.61. The summed E-state index contributed by atoms with van der Waals surface area (Å²) in [5.74, 6) is 0.156. The Morgan fingerprint density at radius 3 is 3.06 bits per heavy atom. The van der Waals surface area contributed by atoms with E-state index in [0.717, 1.165) is 36.3 Å². The number of aromatic nitrogens is 1. The summed E-state index contributed by atoms with van der Waals surface area (Å²) >= 11 is 1.70. The van der Waals surface area contributed by atoms with Crippen LogP contribution in [-0.2, 0) is 12.8 Å². The lowest BCUT2D eigenvalue weighted by molar-refractivity contribution is 0.318. The highest BCUT2D eigenvalue weighted by Gasteiger charge is 2.19. The Morgan fingerprint density at radius 2 is 2.39 bits per heavy atom. The summed E-state index contributed by atoms with van der Waals surface area (Å²) in [5.41, 5.74) is 8.94. The van der Waals surface area contributed by atoms with E-state index in [-0.39, 0.29) is 5.84 Å². The molecule has 0 fully saturated rings. The average Bonchev–Trinajstić information content (AvgIpc) is 2.83. The SMILES string of the molecule is CCC(C)Sc1nc2c(cc1C(N)=NO)CCC2. The van der Waals surface area contributed by atoms with Crippen LogP contribution in [0.4, 0.5) is 0 Å². The molecule has 1 unspecified atom stereocenters. The Balaban J connectivity index is 2.41. The van der Waals surface area contributed by atoms with Gasteiger partial charge in [0.15, 0.2) is 5.84 Å². The number of fused-ring (bicyclic) bond motifs is 1. The van der Waals surface area contributed by atoms with Gasteiger partial charge < -0.3 is 10.9 Å². The quantitative estimate of drug-likeness (QED) is 0.288. The molecule has 1 heterocycles. The second-order valence-electron chi connectivity index (χ2n) is 4.62. The van der Waals surface area contributed by atoms with Crippen LogP contribution in [0, 0.1) is 0 Å². The number of amidine groups is 1. The maximum Gasteiger partial charge on any atom is 0.172 e. The largest absolute Gasteiger partial charge is 0.409 e. The molecule has 1 aromatic rings. The minimum absolute atomic E-state index is 0.156. The van der Waals surface area contributed by atoms with E-state index < -0.39 is 0 Å². The number of oxime groups is 1. The molecule has 3 N–H and O–H groups in total. The van der Waals surface area contributed by atoms with Gasteiger partial charge in [-0.15, -0.1) is 11.8 Å². The Morgan fingerprint density at radius 1 is 1.61 bits per heavy atom. The van der Waals surface area contributed by atoms with Crippen LogP contribution in [0.2, 0.25) is 0 Å². The van der Waals surface area contributed by atoms with Crippen LogP contribution in [0.1, 0.15) is 43.5 Å². The first-order valence-corrected chi connectivity index (χ1v) is 7.21. The standard InChI is InChI=1S/C13H19N3OS/c1-3-8(2)18-13-10(12(14)16-17)7-9-5-4-6-11(9)15-13/h7-8,17H,3-6H2,1-2H3,(H2,14,16). The van der Waals surface area contributed by atoms with Crippen molar-refractivity contribution in [3.8, 4) is 0 Å². The number of hydrogen-bond donors (Lipinski definition) is 2. The van der Waals surface area contributed by atoms with Crippen LogP contribution in [0.3, 0.4) is 0 Å². The van der Waals surface area contributed by atoms with Crippen LogP contribution >= 0.6 is 11.8 Å². The highest BCUT2D eigenvalue weighted by molar-refractivity contribution is 7.99. The van der Waals surface area contributed by atoms with E-state index in [9.17, 15) is 0 Å². The van der Waals surface area contributed by atoms with Gasteiger partial charge in [0.05, 0.1) is 5.56 Å². The molecule has 2 rings (SSSR count). The number of hydrogen-bond acceptors (Lipinski definition) is 4. The normalized spacial score (nSPS) is 16.7. The lowest BCUT2D eigenvalue weighted by atomic mass is 10.1. The van der Waals surface area contributed by atoms with Gasteiger partial charge in [-0.3, -0.25) is 0 Å². The molecule has 0 aromatic carbocycles. The van der Waals surface area contributed by atoms with Crippen LogP contribution in [-0.4, -0.2) is 21.3 Å². The molecular formula is C13H19N3OS. The predicted octanol–water partition coefficient (Wildman–Crippen LogP) is 2.56. The minimum atomic E-state index is 0.156. The molecule has 1 aromatic heterocycles. The molecule has 18 heavy (non-hydrogen) atoms. The van der Waals surface area contributed by atoms with Crippen molar-refractivity contribution in [2.24, 2.45) is 10.9 Å². The summed E-state index contributed by atoms with van der Waals surface area (Å²) < 4.78 is 0. The van der Waals surface area contributed by atoms with E-state index >= 15 is 0 Å². The van der Waals surface area contributed by atoms with E-state index in [0.29, 0.717) is 5.25 Å². The van der Waals surface area contributed by atoms with Gasteiger partial charge in [-0.1, -0.05) is 19.0 Å². The van der Waals surface area contributed by atoms with E-state index in [2.05, 4.69) is 19.0 Å². The summed E-state index contributed by atoms with van der Waals surface area (Å²) in [5, 5.41) is 13.4. The first-order valence-electron chi connectivity index (χ1n) is 6.33. The lowest BCUT2D eigenvalue weighted by Gasteiger charge is -2.13. The molecule has 1 atom stereocenters. The predicted molar refractivity (Wildman–Crippen MR) is 74.4 cm³/mol. The van der Waals surface area contributed by atoms with Crippen LogP contribution in [0.25, 0.3) is 0 Å². The maximum absolute atomic E-state index is 8.88. The molecule has 98 valence electrons. The molecule has 4 nitrogen and oxygen atoms in total. The molecule has 0 saturated heterocycles. The average molecular weight is 265 g/mol. The lowest BCUT2D eigenvalue weighted by Crippen LogP contribution is -2.16. The number of nitrogens with zero attached hydrogens (tertiary/aromatic N) is 2. The van der Waals surface area contributed by atoms with Crippen molar-refractivity contribution in [1.29, 1.82) is 0 Å². The van der Waals surface area contributed by atoms with Crippen molar-refractivity contribution in [2.75, 3.05) is 0 Å².